The summed E-state index contributed by atoms with van der Waals surface area (Å²) in [6, 6.07) is 7.35. The zero-order valence-electron chi connectivity index (χ0n) is 16.4. The Morgan fingerprint density at radius 1 is 0.926 bits per heavy atom. The van der Waals surface area contributed by atoms with Crippen molar-refractivity contribution in [3.05, 3.63) is 35.9 Å². The Morgan fingerprint density at radius 3 is 2.00 bits per heavy atom. The van der Waals surface area contributed by atoms with Crippen LogP contribution in [0, 0.1) is 11.8 Å². The first-order chi connectivity index (χ1) is 12.7. The van der Waals surface area contributed by atoms with Gasteiger partial charge in [-0.2, -0.15) is 0 Å². The second kappa shape index (κ2) is 11.2. The molecule has 0 saturated carbocycles. The van der Waals surface area contributed by atoms with E-state index in [0.717, 1.165) is 5.56 Å². The summed E-state index contributed by atoms with van der Waals surface area (Å²) in [6.45, 7) is 7.69. The lowest BCUT2D eigenvalue weighted by atomic mass is 10.0. The van der Waals surface area contributed by atoms with E-state index in [1.54, 1.807) is 0 Å². The normalized spacial score (nSPS) is 13.1. The summed E-state index contributed by atoms with van der Waals surface area (Å²) < 4.78 is 5.16. The van der Waals surface area contributed by atoms with E-state index in [2.05, 4.69) is 10.6 Å². The highest BCUT2D eigenvalue weighted by atomic mass is 16.5. The summed E-state index contributed by atoms with van der Waals surface area (Å²) in [6.07, 6.45) is -0.0239. The topological polar surface area (TPSA) is 105 Å². The number of ether oxygens (including phenoxy) is 1. The van der Waals surface area contributed by atoms with Gasteiger partial charge in [0.05, 0.1) is 0 Å². The van der Waals surface area contributed by atoms with E-state index in [1.807, 2.05) is 58.0 Å². The lowest BCUT2D eigenvalue weighted by Crippen LogP contribution is -2.52. The van der Waals surface area contributed by atoms with Crippen LogP contribution in [0.25, 0.3) is 0 Å². The number of alkyl carbamates (subject to hydrolysis) is 1. The molecule has 7 nitrogen and oxygen atoms in total. The highest BCUT2D eigenvalue weighted by molar-refractivity contribution is 5.89. The Kier molecular flexibility index (Phi) is 9.33. The fourth-order valence-corrected chi connectivity index (χ4v) is 2.58. The molecule has 7 heteroatoms. The molecule has 0 aliphatic rings. The highest BCUT2D eigenvalue weighted by Crippen LogP contribution is 2.09. The van der Waals surface area contributed by atoms with E-state index < -0.39 is 30.1 Å². The maximum atomic E-state index is 12.5. The van der Waals surface area contributed by atoms with Crippen molar-refractivity contribution in [1.29, 1.82) is 0 Å². The SMILES string of the molecule is CC(C)CC(NC(=O)OCc1ccccc1)C(=O)N[C@@H](CC(C)C)C(=O)O. The van der Waals surface area contributed by atoms with E-state index in [-0.39, 0.29) is 18.4 Å². The third-order valence-electron chi connectivity index (χ3n) is 3.85. The molecule has 0 spiro atoms. The van der Waals surface area contributed by atoms with Crippen molar-refractivity contribution < 1.29 is 24.2 Å². The molecule has 0 aliphatic carbocycles. The van der Waals surface area contributed by atoms with Crippen molar-refractivity contribution in [3.63, 3.8) is 0 Å². The van der Waals surface area contributed by atoms with Gasteiger partial charge < -0.3 is 20.5 Å². The van der Waals surface area contributed by atoms with Gasteiger partial charge in [-0.15, -0.1) is 0 Å². The molecule has 1 unspecified atom stereocenters. The molecule has 0 bridgehead atoms. The summed E-state index contributed by atoms with van der Waals surface area (Å²) in [4.78, 5) is 36.0. The number of benzene rings is 1. The minimum absolute atomic E-state index is 0.0911. The molecule has 0 saturated heterocycles. The molecule has 150 valence electrons. The number of carbonyl (C=O) groups is 3. The fourth-order valence-electron chi connectivity index (χ4n) is 2.58. The summed E-state index contributed by atoms with van der Waals surface area (Å²) in [5.41, 5.74) is 0.834. The number of carboxylic acid groups (broad SMARTS) is 1. The number of carbonyl (C=O) groups excluding carboxylic acids is 2. The molecule has 0 aromatic heterocycles. The molecular formula is C20H30N2O5. The predicted molar refractivity (Wildman–Crippen MR) is 102 cm³/mol. The van der Waals surface area contributed by atoms with Crippen molar-refractivity contribution in [2.75, 3.05) is 0 Å². The summed E-state index contributed by atoms with van der Waals surface area (Å²) in [5.74, 6) is -1.37. The van der Waals surface area contributed by atoms with Crippen LogP contribution in [0.3, 0.4) is 0 Å². The Morgan fingerprint density at radius 2 is 1.48 bits per heavy atom. The maximum absolute atomic E-state index is 12.5. The number of amides is 2. The molecule has 3 N–H and O–H groups in total. The molecule has 0 aliphatic heterocycles. The zero-order valence-corrected chi connectivity index (χ0v) is 16.4. The first kappa shape index (κ1) is 22.5. The van der Waals surface area contributed by atoms with E-state index >= 15 is 0 Å². The Labute approximate surface area is 160 Å². The second-order valence-electron chi connectivity index (χ2n) is 7.42. The van der Waals surface area contributed by atoms with Crippen LogP contribution in [0.2, 0.25) is 0 Å². The largest absolute Gasteiger partial charge is 0.480 e. The van der Waals surface area contributed by atoms with Gasteiger partial charge in [-0.05, 0) is 30.2 Å². The van der Waals surface area contributed by atoms with Gasteiger partial charge in [-0.1, -0.05) is 58.0 Å². The van der Waals surface area contributed by atoms with E-state index in [0.29, 0.717) is 12.8 Å². The van der Waals surface area contributed by atoms with Gasteiger partial charge in [-0.25, -0.2) is 9.59 Å². The summed E-state index contributed by atoms with van der Waals surface area (Å²) in [5, 5.41) is 14.4. The Hall–Kier alpha value is -2.57. The third-order valence-corrected chi connectivity index (χ3v) is 3.85. The zero-order chi connectivity index (χ0) is 20.4. The fraction of sp³-hybridized carbons (Fsp3) is 0.550. The summed E-state index contributed by atoms with van der Waals surface area (Å²) in [7, 11) is 0. The molecule has 1 rings (SSSR count). The summed E-state index contributed by atoms with van der Waals surface area (Å²) >= 11 is 0. The quantitative estimate of drug-likeness (QED) is 0.581. The van der Waals surface area contributed by atoms with Crippen LogP contribution in [0.4, 0.5) is 4.79 Å². The average molecular weight is 378 g/mol. The van der Waals surface area contributed by atoms with Crippen LogP contribution < -0.4 is 10.6 Å². The van der Waals surface area contributed by atoms with E-state index in [4.69, 9.17) is 4.74 Å². The van der Waals surface area contributed by atoms with Gasteiger partial charge in [-0.3, -0.25) is 4.79 Å². The molecule has 2 amide bonds. The number of rotatable bonds is 10. The minimum atomic E-state index is -1.09. The van der Waals surface area contributed by atoms with E-state index in [1.165, 1.54) is 0 Å². The second-order valence-corrected chi connectivity index (χ2v) is 7.42. The first-order valence-corrected chi connectivity index (χ1v) is 9.19. The van der Waals surface area contributed by atoms with Crippen LogP contribution in [-0.2, 0) is 20.9 Å². The monoisotopic (exact) mass is 378 g/mol. The Balaban J connectivity index is 2.68. The molecule has 27 heavy (non-hydrogen) atoms. The smallest absolute Gasteiger partial charge is 0.408 e. The van der Waals surface area contributed by atoms with Crippen molar-refractivity contribution in [2.45, 2.75) is 59.2 Å². The van der Waals surface area contributed by atoms with Crippen molar-refractivity contribution >= 4 is 18.0 Å². The molecule has 0 fully saturated rings. The number of hydrogen-bond acceptors (Lipinski definition) is 4. The lowest BCUT2D eigenvalue weighted by Gasteiger charge is -2.23. The van der Waals surface area contributed by atoms with Gasteiger partial charge in [0.25, 0.3) is 0 Å². The standard InChI is InChI=1S/C20H30N2O5/c1-13(2)10-16(18(23)21-17(19(24)25)11-14(3)4)22-20(26)27-12-15-8-6-5-7-9-15/h5-9,13-14,16-17H,10-12H2,1-4H3,(H,21,23)(H,22,26)(H,24,25)/t16?,17-/m0/s1. The molecule has 2 atom stereocenters. The molecule has 0 radical (unpaired) electrons. The van der Waals surface area contributed by atoms with Crippen molar-refractivity contribution in [1.82, 2.24) is 10.6 Å². The number of aliphatic carboxylic acids is 1. The highest BCUT2D eigenvalue weighted by Gasteiger charge is 2.28. The van der Waals surface area contributed by atoms with Crippen LogP contribution in [0.1, 0.15) is 46.1 Å². The number of carboxylic acids is 1. The molecule has 0 heterocycles. The van der Waals surface area contributed by atoms with Gasteiger partial charge >= 0.3 is 12.1 Å². The van der Waals surface area contributed by atoms with Crippen LogP contribution >= 0.6 is 0 Å². The van der Waals surface area contributed by atoms with Gasteiger partial charge in [0.15, 0.2) is 0 Å². The number of nitrogens with one attached hydrogen (secondary N) is 2. The molecular weight excluding hydrogens is 348 g/mol. The minimum Gasteiger partial charge on any atom is -0.480 e. The van der Waals surface area contributed by atoms with Gasteiger partial charge in [0, 0.05) is 0 Å². The average Bonchev–Trinajstić information content (AvgIpc) is 2.58. The van der Waals surface area contributed by atoms with Crippen LogP contribution in [0.5, 0.6) is 0 Å². The molecule has 1 aromatic rings. The Bertz CT molecular complexity index is 616. The maximum Gasteiger partial charge on any atom is 0.408 e. The van der Waals surface area contributed by atoms with Crippen LogP contribution in [0.15, 0.2) is 30.3 Å². The molecule has 1 aromatic carbocycles. The number of hydrogen-bond donors (Lipinski definition) is 3. The lowest BCUT2D eigenvalue weighted by molar-refractivity contribution is -0.142. The van der Waals surface area contributed by atoms with Crippen LogP contribution in [-0.4, -0.2) is 35.2 Å². The predicted octanol–water partition coefficient (Wildman–Crippen LogP) is 2.94. The van der Waals surface area contributed by atoms with Gasteiger partial charge in [0.1, 0.15) is 18.7 Å². The van der Waals surface area contributed by atoms with E-state index in [9.17, 15) is 19.5 Å². The first-order valence-electron chi connectivity index (χ1n) is 9.19. The van der Waals surface area contributed by atoms with Crippen molar-refractivity contribution in [2.24, 2.45) is 11.8 Å². The van der Waals surface area contributed by atoms with Crippen molar-refractivity contribution in [3.8, 4) is 0 Å². The van der Waals surface area contributed by atoms with Gasteiger partial charge in [0.2, 0.25) is 5.91 Å². The third kappa shape index (κ3) is 9.08.